The predicted molar refractivity (Wildman–Crippen MR) is 113 cm³/mol. The summed E-state index contributed by atoms with van der Waals surface area (Å²) in [5.41, 5.74) is 0.706. The van der Waals surface area contributed by atoms with Crippen molar-refractivity contribution >= 4 is 27.5 Å². The Morgan fingerprint density at radius 2 is 1.70 bits per heavy atom. The quantitative estimate of drug-likeness (QED) is 0.688. The predicted octanol–water partition coefficient (Wildman–Crippen LogP) is 1.87. The number of methoxy groups -OCH3 is 1. The van der Waals surface area contributed by atoms with E-state index in [9.17, 15) is 18.0 Å². The van der Waals surface area contributed by atoms with Gasteiger partial charge in [-0.1, -0.05) is 12.1 Å². The fraction of sp³-hybridized carbons (Fsp3) is 0.333. The molecule has 30 heavy (non-hydrogen) atoms. The maximum absolute atomic E-state index is 13.0. The van der Waals surface area contributed by atoms with Gasteiger partial charge in [-0.3, -0.25) is 13.9 Å². The Balaban J connectivity index is 1.73. The third kappa shape index (κ3) is 4.73. The van der Waals surface area contributed by atoms with Crippen molar-refractivity contribution in [3.8, 4) is 5.75 Å². The van der Waals surface area contributed by atoms with Gasteiger partial charge in [0.2, 0.25) is 5.91 Å². The summed E-state index contributed by atoms with van der Waals surface area (Å²) in [5, 5.41) is 2.83. The molecule has 0 heterocycles. The fourth-order valence-corrected chi connectivity index (χ4v) is 4.16. The molecule has 0 bridgehead atoms. The Kier molecular flexibility index (Phi) is 6.31. The molecule has 8 nitrogen and oxygen atoms in total. The van der Waals surface area contributed by atoms with Crippen LogP contribution < -0.4 is 14.4 Å². The second-order valence-corrected chi connectivity index (χ2v) is 9.14. The Morgan fingerprint density at radius 3 is 2.30 bits per heavy atom. The minimum Gasteiger partial charge on any atom is -0.495 e. The van der Waals surface area contributed by atoms with Gasteiger partial charge in [0.25, 0.3) is 15.9 Å². The first kappa shape index (κ1) is 21.6. The smallest absolute Gasteiger partial charge is 0.264 e. The minimum absolute atomic E-state index is 0.0431. The van der Waals surface area contributed by atoms with Gasteiger partial charge in [-0.25, -0.2) is 8.42 Å². The molecular weight excluding hydrogens is 406 g/mol. The van der Waals surface area contributed by atoms with Crippen LogP contribution in [0.3, 0.4) is 0 Å². The van der Waals surface area contributed by atoms with E-state index in [1.807, 2.05) is 0 Å². The van der Waals surface area contributed by atoms with Gasteiger partial charge in [0.15, 0.2) is 0 Å². The number of nitrogens with zero attached hydrogens (tertiary/aromatic N) is 2. The van der Waals surface area contributed by atoms with Crippen LogP contribution in [0.1, 0.15) is 23.2 Å². The molecule has 1 N–H and O–H groups in total. The molecule has 0 saturated heterocycles. The van der Waals surface area contributed by atoms with E-state index < -0.39 is 10.0 Å². The van der Waals surface area contributed by atoms with Crippen molar-refractivity contribution < 1.29 is 22.7 Å². The molecule has 9 heteroatoms. The zero-order valence-corrected chi connectivity index (χ0v) is 18.0. The number of nitrogens with one attached hydrogen (secondary N) is 1. The molecule has 0 aliphatic heterocycles. The number of likely N-dealkylation sites (N-methyl/N-ethyl adjacent to an activating group) is 1. The number of anilines is 1. The van der Waals surface area contributed by atoms with E-state index in [2.05, 4.69) is 5.32 Å². The van der Waals surface area contributed by atoms with Crippen molar-refractivity contribution in [1.82, 2.24) is 10.2 Å². The molecule has 1 fully saturated rings. The first-order chi connectivity index (χ1) is 14.2. The van der Waals surface area contributed by atoms with Crippen LogP contribution in [0.2, 0.25) is 0 Å². The van der Waals surface area contributed by atoms with Crippen molar-refractivity contribution in [1.29, 1.82) is 0 Å². The third-order valence-corrected chi connectivity index (χ3v) is 6.64. The molecule has 0 radical (unpaired) electrons. The largest absolute Gasteiger partial charge is 0.495 e. The Labute approximate surface area is 176 Å². The number of hydrogen-bond donors (Lipinski definition) is 1. The molecule has 0 unspecified atom stereocenters. The summed E-state index contributed by atoms with van der Waals surface area (Å²) in [7, 11) is 0.604. The SMILES string of the molecule is COc1ccccc1N(C)S(=O)(=O)c1ccc(C(=O)N(C)CC(=O)NC2CC2)cc1. The summed E-state index contributed by atoms with van der Waals surface area (Å²) in [4.78, 5) is 25.8. The molecule has 160 valence electrons. The van der Waals surface area contributed by atoms with Crippen molar-refractivity contribution in [2.24, 2.45) is 0 Å². The second kappa shape index (κ2) is 8.74. The first-order valence-corrected chi connectivity index (χ1v) is 10.9. The van der Waals surface area contributed by atoms with Crippen LogP contribution in [0.4, 0.5) is 5.69 Å². The van der Waals surface area contributed by atoms with Gasteiger partial charge >= 0.3 is 0 Å². The van der Waals surface area contributed by atoms with Crippen LogP contribution in [0, 0.1) is 0 Å². The number of benzene rings is 2. The lowest BCUT2D eigenvalue weighted by Gasteiger charge is -2.22. The Morgan fingerprint density at radius 1 is 1.07 bits per heavy atom. The highest BCUT2D eigenvalue weighted by atomic mass is 32.2. The van der Waals surface area contributed by atoms with Gasteiger partial charge in [-0.05, 0) is 49.2 Å². The van der Waals surface area contributed by atoms with Crippen LogP contribution in [-0.4, -0.2) is 58.9 Å². The van der Waals surface area contributed by atoms with Gasteiger partial charge in [-0.2, -0.15) is 0 Å². The average molecular weight is 432 g/mol. The van der Waals surface area contributed by atoms with Crippen LogP contribution in [0.15, 0.2) is 53.4 Å². The number of rotatable bonds is 8. The van der Waals surface area contributed by atoms with E-state index >= 15 is 0 Å². The number of para-hydroxylation sites is 2. The fourth-order valence-electron chi connectivity index (χ4n) is 2.96. The standard InChI is InChI=1S/C21H25N3O5S/c1-23(14-20(25)22-16-10-11-16)21(26)15-8-12-17(13-9-15)30(27,28)24(2)18-6-4-5-7-19(18)29-3/h4-9,12-13,16H,10-11,14H2,1-3H3,(H,22,25). The lowest BCUT2D eigenvalue weighted by Crippen LogP contribution is -2.39. The van der Waals surface area contributed by atoms with Gasteiger partial charge in [-0.15, -0.1) is 0 Å². The van der Waals surface area contributed by atoms with E-state index in [1.165, 1.54) is 50.4 Å². The molecule has 0 atom stereocenters. The van der Waals surface area contributed by atoms with Crippen LogP contribution in [-0.2, 0) is 14.8 Å². The molecule has 2 amide bonds. The lowest BCUT2D eigenvalue weighted by atomic mass is 10.2. The van der Waals surface area contributed by atoms with Gasteiger partial charge < -0.3 is 15.0 Å². The van der Waals surface area contributed by atoms with E-state index in [0.717, 1.165) is 17.1 Å². The van der Waals surface area contributed by atoms with Gasteiger partial charge in [0.1, 0.15) is 5.75 Å². The summed E-state index contributed by atoms with van der Waals surface area (Å²) in [6.07, 6.45) is 1.95. The highest BCUT2D eigenvalue weighted by Crippen LogP contribution is 2.30. The molecular formula is C21H25N3O5S. The third-order valence-electron chi connectivity index (χ3n) is 4.85. The maximum Gasteiger partial charge on any atom is 0.264 e. The monoisotopic (exact) mass is 431 g/mol. The number of sulfonamides is 1. The van der Waals surface area contributed by atoms with Crippen LogP contribution in [0.25, 0.3) is 0 Å². The summed E-state index contributed by atoms with van der Waals surface area (Å²) in [6.45, 7) is -0.0497. The molecule has 1 aliphatic carbocycles. The number of hydrogen-bond acceptors (Lipinski definition) is 5. The zero-order chi connectivity index (χ0) is 21.9. The van der Waals surface area contributed by atoms with Crippen molar-refractivity contribution in [3.63, 3.8) is 0 Å². The Hall–Kier alpha value is -3.07. The maximum atomic E-state index is 13.0. The normalized spacial score (nSPS) is 13.4. The van der Waals surface area contributed by atoms with Crippen LogP contribution >= 0.6 is 0 Å². The number of carbonyl (C=O) groups is 2. The van der Waals surface area contributed by atoms with Crippen LogP contribution in [0.5, 0.6) is 5.75 Å². The van der Waals surface area contributed by atoms with Crippen molar-refractivity contribution in [2.45, 2.75) is 23.8 Å². The molecule has 2 aromatic rings. The van der Waals surface area contributed by atoms with E-state index in [4.69, 9.17) is 4.74 Å². The summed E-state index contributed by atoms with van der Waals surface area (Å²) < 4.78 is 32.4. The van der Waals surface area contributed by atoms with Crippen molar-refractivity contribution in [3.05, 3.63) is 54.1 Å². The summed E-state index contributed by atoms with van der Waals surface area (Å²) in [5.74, 6) is -0.129. The molecule has 2 aromatic carbocycles. The van der Waals surface area contributed by atoms with E-state index in [1.54, 1.807) is 24.3 Å². The highest BCUT2D eigenvalue weighted by molar-refractivity contribution is 7.92. The molecule has 1 saturated carbocycles. The zero-order valence-electron chi connectivity index (χ0n) is 17.2. The number of amides is 2. The molecule has 0 spiro atoms. The first-order valence-electron chi connectivity index (χ1n) is 9.51. The number of carbonyl (C=O) groups excluding carboxylic acids is 2. The van der Waals surface area contributed by atoms with E-state index in [0.29, 0.717) is 17.0 Å². The summed E-state index contributed by atoms with van der Waals surface area (Å²) >= 11 is 0. The Bertz CT molecular complexity index is 1030. The molecule has 1 aliphatic rings. The number of ether oxygens (including phenoxy) is 1. The van der Waals surface area contributed by atoms with Gasteiger partial charge in [0.05, 0.1) is 24.2 Å². The second-order valence-electron chi connectivity index (χ2n) is 7.17. The lowest BCUT2D eigenvalue weighted by molar-refractivity contribution is -0.121. The van der Waals surface area contributed by atoms with Crippen molar-refractivity contribution in [2.75, 3.05) is 32.1 Å². The van der Waals surface area contributed by atoms with Gasteiger partial charge in [0, 0.05) is 25.7 Å². The minimum atomic E-state index is -3.85. The summed E-state index contributed by atoms with van der Waals surface area (Å²) in [6, 6.07) is 12.7. The highest BCUT2D eigenvalue weighted by Gasteiger charge is 2.26. The topological polar surface area (TPSA) is 96.0 Å². The molecule has 0 aromatic heterocycles. The average Bonchev–Trinajstić information content (AvgIpc) is 3.56. The molecule has 3 rings (SSSR count). The van der Waals surface area contributed by atoms with E-state index in [-0.39, 0.29) is 29.3 Å².